The number of carbonyl (C=O) groups excluding carboxylic acids is 1. The summed E-state index contributed by atoms with van der Waals surface area (Å²) in [6.45, 7) is 4.65. The van der Waals surface area contributed by atoms with E-state index in [1.54, 1.807) is 6.07 Å². The normalized spacial score (nSPS) is 14.7. The molecule has 0 unspecified atom stereocenters. The van der Waals surface area contributed by atoms with E-state index in [-0.39, 0.29) is 5.91 Å². The van der Waals surface area contributed by atoms with Gasteiger partial charge in [-0.2, -0.15) is 0 Å². The second kappa shape index (κ2) is 9.32. The van der Waals surface area contributed by atoms with Crippen molar-refractivity contribution in [1.82, 2.24) is 14.9 Å². The molecule has 0 bridgehead atoms. The van der Waals surface area contributed by atoms with Crippen LogP contribution in [0, 0.1) is 0 Å². The summed E-state index contributed by atoms with van der Waals surface area (Å²) >= 11 is 0. The van der Waals surface area contributed by atoms with Gasteiger partial charge >= 0.3 is 0 Å². The number of anilines is 1. The van der Waals surface area contributed by atoms with E-state index in [9.17, 15) is 4.79 Å². The quantitative estimate of drug-likeness (QED) is 0.784. The van der Waals surface area contributed by atoms with Gasteiger partial charge in [-0.25, -0.2) is 9.97 Å². The summed E-state index contributed by atoms with van der Waals surface area (Å²) in [6.07, 6.45) is 6.73. The smallest absolute Gasteiger partial charge is 0.272 e. The summed E-state index contributed by atoms with van der Waals surface area (Å²) in [5.41, 5.74) is 1.41. The lowest BCUT2D eigenvalue weighted by Crippen LogP contribution is -2.32. The van der Waals surface area contributed by atoms with Crippen LogP contribution in [0.1, 0.15) is 55.9 Å². The third-order valence-electron chi connectivity index (χ3n) is 4.71. The first kappa shape index (κ1) is 18.4. The van der Waals surface area contributed by atoms with E-state index in [1.807, 2.05) is 35.2 Å². The van der Waals surface area contributed by atoms with Gasteiger partial charge in [0.1, 0.15) is 11.5 Å². The maximum absolute atomic E-state index is 13.0. The molecule has 1 fully saturated rings. The van der Waals surface area contributed by atoms with Crippen molar-refractivity contribution in [3.63, 3.8) is 0 Å². The molecule has 1 aliphatic heterocycles. The van der Waals surface area contributed by atoms with Crippen molar-refractivity contribution in [2.24, 2.45) is 0 Å². The van der Waals surface area contributed by atoms with Gasteiger partial charge in [-0.3, -0.25) is 4.79 Å². The molecule has 0 radical (unpaired) electrons. The largest absolute Gasteiger partial charge is 0.370 e. The Morgan fingerprint density at radius 3 is 2.50 bits per heavy atom. The zero-order chi connectivity index (χ0) is 18.2. The van der Waals surface area contributed by atoms with Gasteiger partial charge in [0.05, 0.1) is 0 Å². The number of amides is 1. The number of hydrogen-bond acceptors (Lipinski definition) is 4. The zero-order valence-electron chi connectivity index (χ0n) is 15.6. The Hall–Kier alpha value is -2.43. The fourth-order valence-corrected chi connectivity index (χ4v) is 3.19. The van der Waals surface area contributed by atoms with Crippen LogP contribution in [0.5, 0.6) is 0 Å². The molecular weight excluding hydrogens is 324 g/mol. The van der Waals surface area contributed by atoms with Gasteiger partial charge in [-0.05, 0) is 19.3 Å². The van der Waals surface area contributed by atoms with Crippen LogP contribution in [-0.4, -0.2) is 40.4 Å². The highest BCUT2D eigenvalue weighted by Gasteiger charge is 2.20. The number of aromatic nitrogens is 2. The van der Waals surface area contributed by atoms with E-state index in [2.05, 4.69) is 22.2 Å². The molecule has 2 aromatic rings. The van der Waals surface area contributed by atoms with Crippen molar-refractivity contribution in [1.29, 1.82) is 0 Å². The number of rotatable bonds is 6. The molecule has 1 amide bonds. The van der Waals surface area contributed by atoms with Gasteiger partial charge in [0.15, 0.2) is 5.82 Å². The lowest BCUT2D eigenvalue weighted by atomic mass is 10.2. The first-order valence-corrected chi connectivity index (χ1v) is 9.75. The van der Waals surface area contributed by atoms with E-state index < -0.39 is 0 Å². The van der Waals surface area contributed by atoms with Crippen LogP contribution in [0.4, 0.5) is 5.82 Å². The van der Waals surface area contributed by atoms with E-state index >= 15 is 0 Å². The van der Waals surface area contributed by atoms with Gasteiger partial charge in [-0.15, -0.1) is 0 Å². The summed E-state index contributed by atoms with van der Waals surface area (Å²) in [6, 6.07) is 11.7. The molecule has 3 rings (SSSR count). The SMILES string of the molecule is CCCCNc1cc(C(=O)N2CCCCCC2)nc(-c2ccccc2)n1. The summed E-state index contributed by atoms with van der Waals surface area (Å²) in [5.74, 6) is 1.35. The first-order valence-electron chi connectivity index (χ1n) is 9.75. The predicted molar refractivity (Wildman–Crippen MR) is 105 cm³/mol. The maximum atomic E-state index is 13.0. The monoisotopic (exact) mass is 352 g/mol. The third-order valence-corrected chi connectivity index (χ3v) is 4.71. The summed E-state index contributed by atoms with van der Waals surface area (Å²) in [7, 11) is 0. The molecule has 1 N–H and O–H groups in total. The Bertz CT molecular complexity index is 709. The molecule has 1 aromatic carbocycles. The number of hydrogen-bond donors (Lipinski definition) is 1. The summed E-state index contributed by atoms with van der Waals surface area (Å²) in [4.78, 5) is 24.2. The second-order valence-electron chi connectivity index (χ2n) is 6.81. The lowest BCUT2D eigenvalue weighted by Gasteiger charge is -2.20. The average Bonchev–Trinajstić information content (AvgIpc) is 2.97. The van der Waals surface area contributed by atoms with E-state index in [0.29, 0.717) is 11.5 Å². The average molecular weight is 352 g/mol. The number of unbranched alkanes of at least 4 members (excludes halogenated alkanes) is 1. The highest BCUT2D eigenvalue weighted by molar-refractivity contribution is 5.93. The number of nitrogens with zero attached hydrogens (tertiary/aromatic N) is 3. The van der Waals surface area contributed by atoms with Crippen LogP contribution in [0.15, 0.2) is 36.4 Å². The molecule has 0 saturated carbocycles. The van der Waals surface area contributed by atoms with Crippen LogP contribution in [0.3, 0.4) is 0 Å². The van der Waals surface area contributed by atoms with Gasteiger partial charge in [0.25, 0.3) is 5.91 Å². The number of nitrogens with one attached hydrogen (secondary N) is 1. The van der Waals surface area contributed by atoms with Crippen molar-refractivity contribution in [2.75, 3.05) is 25.0 Å². The van der Waals surface area contributed by atoms with Crippen molar-refractivity contribution in [3.8, 4) is 11.4 Å². The molecule has 138 valence electrons. The summed E-state index contributed by atoms with van der Waals surface area (Å²) < 4.78 is 0. The second-order valence-corrected chi connectivity index (χ2v) is 6.81. The Kier molecular flexibility index (Phi) is 6.58. The third kappa shape index (κ3) is 4.81. The minimum atomic E-state index is 0.0185. The van der Waals surface area contributed by atoms with Crippen molar-refractivity contribution in [2.45, 2.75) is 45.4 Å². The predicted octanol–water partition coefficient (Wildman–Crippen LogP) is 4.37. The van der Waals surface area contributed by atoms with E-state index in [4.69, 9.17) is 0 Å². The van der Waals surface area contributed by atoms with Gasteiger partial charge < -0.3 is 10.2 Å². The molecule has 0 atom stereocenters. The molecule has 26 heavy (non-hydrogen) atoms. The van der Waals surface area contributed by atoms with Crippen LogP contribution in [0.25, 0.3) is 11.4 Å². The fraction of sp³-hybridized carbons (Fsp3) is 0.476. The minimum absolute atomic E-state index is 0.0185. The Morgan fingerprint density at radius 1 is 1.08 bits per heavy atom. The van der Waals surface area contributed by atoms with Crippen LogP contribution >= 0.6 is 0 Å². The molecule has 1 aliphatic rings. The van der Waals surface area contributed by atoms with Crippen LogP contribution in [-0.2, 0) is 0 Å². The fourth-order valence-electron chi connectivity index (χ4n) is 3.19. The molecule has 5 nitrogen and oxygen atoms in total. The minimum Gasteiger partial charge on any atom is -0.370 e. The lowest BCUT2D eigenvalue weighted by molar-refractivity contribution is 0.0756. The number of carbonyl (C=O) groups is 1. The highest BCUT2D eigenvalue weighted by atomic mass is 16.2. The van der Waals surface area contributed by atoms with Crippen LogP contribution < -0.4 is 5.32 Å². The standard InChI is InChI=1S/C21H28N4O/c1-2-3-13-22-19-16-18(21(26)25-14-9-4-5-10-15-25)23-20(24-19)17-11-7-6-8-12-17/h6-8,11-12,16H,2-5,9-10,13-15H2,1H3,(H,22,23,24). The van der Waals surface area contributed by atoms with Crippen molar-refractivity contribution < 1.29 is 4.79 Å². The Labute approximate surface area is 155 Å². The topological polar surface area (TPSA) is 58.1 Å². The van der Waals surface area contributed by atoms with Gasteiger partial charge in [0, 0.05) is 31.3 Å². The molecule has 2 heterocycles. The van der Waals surface area contributed by atoms with Crippen LogP contribution in [0.2, 0.25) is 0 Å². The molecule has 1 aromatic heterocycles. The van der Waals surface area contributed by atoms with E-state index in [1.165, 1.54) is 12.8 Å². The molecule has 0 spiro atoms. The van der Waals surface area contributed by atoms with Crippen molar-refractivity contribution >= 4 is 11.7 Å². The summed E-state index contributed by atoms with van der Waals surface area (Å²) in [5, 5.41) is 3.34. The van der Waals surface area contributed by atoms with Gasteiger partial charge in [0.2, 0.25) is 0 Å². The van der Waals surface area contributed by atoms with E-state index in [0.717, 1.165) is 56.7 Å². The zero-order valence-corrected chi connectivity index (χ0v) is 15.6. The maximum Gasteiger partial charge on any atom is 0.272 e. The first-order chi connectivity index (χ1) is 12.8. The van der Waals surface area contributed by atoms with Gasteiger partial charge in [-0.1, -0.05) is 56.5 Å². The molecule has 0 aliphatic carbocycles. The highest BCUT2D eigenvalue weighted by Crippen LogP contribution is 2.20. The Balaban J connectivity index is 1.89. The number of benzene rings is 1. The molecule has 5 heteroatoms. The molecular formula is C21H28N4O. The Morgan fingerprint density at radius 2 is 1.81 bits per heavy atom. The number of likely N-dealkylation sites (tertiary alicyclic amines) is 1. The molecule has 1 saturated heterocycles. The van der Waals surface area contributed by atoms with Crippen molar-refractivity contribution in [3.05, 3.63) is 42.1 Å².